The van der Waals surface area contributed by atoms with E-state index in [1.54, 1.807) is 4.90 Å². The molecule has 0 aliphatic heterocycles. The summed E-state index contributed by atoms with van der Waals surface area (Å²) in [4.78, 5) is 14.1. The Balaban J connectivity index is 2.64. The number of benzene rings is 1. The SMILES string of the molecule is Cc1cccc(N(C)C(=O)CCC(CCN)C(C)(C)C)c1. The summed E-state index contributed by atoms with van der Waals surface area (Å²) < 4.78 is 0. The normalized spacial score (nSPS) is 13.0. The van der Waals surface area contributed by atoms with Crippen LogP contribution in [0.3, 0.4) is 0 Å². The van der Waals surface area contributed by atoms with Gasteiger partial charge in [-0.15, -0.1) is 0 Å². The van der Waals surface area contributed by atoms with Crippen molar-refractivity contribution in [1.29, 1.82) is 0 Å². The van der Waals surface area contributed by atoms with Crippen LogP contribution < -0.4 is 10.6 Å². The van der Waals surface area contributed by atoms with Crippen molar-refractivity contribution in [2.24, 2.45) is 17.1 Å². The van der Waals surface area contributed by atoms with Gasteiger partial charge in [-0.1, -0.05) is 32.9 Å². The summed E-state index contributed by atoms with van der Waals surface area (Å²) in [5, 5.41) is 0. The third-order valence-corrected chi connectivity index (χ3v) is 4.21. The van der Waals surface area contributed by atoms with Crippen LogP contribution in [0, 0.1) is 18.3 Å². The maximum absolute atomic E-state index is 12.4. The van der Waals surface area contributed by atoms with E-state index >= 15 is 0 Å². The Morgan fingerprint density at radius 3 is 2.48 bits per heavy atom. The van der Waals surface area contributed by atoms with E-state index in [1.165, 1.54) is 5.56 Å². The maximum atomic E-state index is 12.4. The van der Waals surface area contributed by atoms with Crippen LogP contribution in [0.5, 0.6) is 0 Å². The molecule has 3 heteroatoms. The highest BCUT2D eigenvalue weighted by Crippen LogP contribution is 2.32. The molecule has 0 aliphatic carbocycles. The van der Waals surface area contributed by atoms with Gasteiger partial charge in [-0.2, -0.15) is 0 Å². The van der Waals surface area contributed by atoms with Crippen molar-refractivity contribution in [3.63, 3.8) is 0 Å². The van der Waals surface area contributed by atoms with Gasteiger partial charge in [-0.25, -0.2) is 0 Å². The van der Waals surface area contributed by atoms with Crippen molar-refractivity contribution in [1.82, 2.24) is 0 Å². The fraction of sp³-hybridized carbons (Fsp3) is 0.611. The molecule has 0 radical (unpaired) electrons. The van der Waals surface area contributed by atoms with E-state index in [-0.39, 0.29) is 11.3 Å². The third kappa shape index (κ3) is 5.50. The number of carbonyl (C=O) groups is 1. The first-order valence-corrected chi connectivity index (χ1v) is 7.79. The second-order valence-corrected chi connectivity index (χ2v) is 6.97. The Hall–Kier alpha value is -1.35. The smallest absolute Gasteiger partial charge is 0.226 e. The first-order valence-electron chi connectivity index (χ1n) is 7.79. The minimum absolute atomic E-state index is 0.173. The number of hydrogen-bond acceptors (Lipinski definition) is 2. The Morgan fingerprint density at radius 2 is 1.95 bits per heavy atom. The van der Waals surface area contributed by atoms with Gasteiger partial charge < -0.3 is 10.6 Å². The average molecular weight is 290 g/mol. The summed E-state index contributed by atoms with van der Waals surface area (Å²) in [6, 6.07) is 8.05. The van der Waals surface area contributed by atoms with Crippen LogP contribution >= 0.6 is 0 Å². The first kappa shape index (κ1) is 17.7. The highest BCUT2D eigenvalue weighted by molar-refractivity contribution is 5.92. The molecule has 118 valence electrons. The lowest BCUT2D eigenvalue weighted by Gasteiger charge is -2.31. The van der Waals surface area contributed by atoms with Crippen molar-refractivity contribution < 1.29 is 4.79 Å². The van der Waals surface area contributed by atoms with E-state index in [9.17, 15) is 4.79 Å². The van der Waals surface area contributed by atoms with Crippen LogP contribution in [0.1, 0.15) is 45.6 Å². The minimum atomic E-state index is 0.173. The topological polar surface area (TPSA) is 46.3 Å². The van der Waals surface area contributed by atoms with Crippen LogP contribution in [-0.4, -0.2) is 19.5 Å². The van der Waals surface area contributed by atoms with Crippen molar-refractivity contribution in [3.05, 3.63) is 29.8 Å². The number of amides is 1. The molecule has 0 aromatic heterocycles. The van der Waals surface area contributed by atoms with Gasteiger partial charge in [0.2, 0.25) is 5.91 Å². The molecule has 1 aromatic carbocycles. The molecule has 21 heavy (non-hydrogen) atoms. The summed E-state index contributed by atoms with van der Waals surface area (Å²) in [6.45, 7) is 9.40. The molecule has 0 aliphatic rings. The number of nitrogens with two attached hydrogens (primary N) is 1. The number of aryl methyl sites for hydroxylation is 1. The van der Waals surface area contributed by atoms with Gasteiger partial charge in [-0.3, -0.25) is 4.79 Å². The van der Waals surface area contributed by atoms with E-state index in [2.05, 4.69) is 20.8 Å². The highest BCUT2D eigenvalue weighted by Gasteiger charge is 2.25. The molecule has 0 heterocycles. The van der Waals surface area contributed by atoms with Crippen LogP contribution in [0.15, 0.2) is 24.3 Å². The zero-order valence-electron chi connectivity index (χ0n) is 14.1. The van der Waals surface area contributed by atoms with Gasteiger partial charge in [0, 0.05) is 19.2 Å². The summed E-state index contributed by atoms with van der Waals surface area (Å²) in [5.41, 5.74) is 8.03. The van der Waals surface area contributed by atoms with Crippen molar-refractivity contribution in [2.45, 2.75) is 47.0 Å². The average Bonchev–Trinajstić information content (AvgIpc) is 2.41. The Morgan fingerprint density at radius 1 is 1.29 bits per heavy atom. The Bertz CT molecular complexity index is 463. The quantitative estimate of drug-likeness (QED) is 0.867. The molecule has 1 rings (SSSR count). The lowest BCUT2D eigenvalue weighted by molar-refractivity contribution is -0.118. The summed E-state index contributed by atoms with van der Waals surface area (Å²) in [5.74, 6) is 0.657. The van der Waals surface area contributed by atoms with Gasteiger partial charge in [0.05, 0.1) is 0 Å². The van der Waals surface area contributed by atoms with Crippen molar-refractivity contribution in [3.8, 4) is 0 Å². The molecule has 1 aromatic rings. The number of rotatable bonds is 6. The second kappa shape index (κ2) is 7.60. The monoisotopic (exact) mass is 290 g/mol. The number of hydrogen-bond donors (Lipinski definition) is 1. The van der Waals surface area contributed by atoms with Gasteiger partial charge in [0.15, 0.2) is 0 Å². The van der Waals surface area contributed by atoms with E-state index < -0.39 is 0 Å². The molecular formula is C18H30N2O. The van der Waals surface area contributed by atoms with Gasteiger partial charge in [0.25, 0.3) is 0 Å². The standard InChI is InChI=1S/C18H30N2O/c1-14-7-6-8-16(13-14)20(5)17(21)10-9-15(11-12-19)18(2,3)4/h6-8,13,15H,9-12,19H2,1-5H3. The zero-order valence-corrected chi connectivity index (χ0v) is 14.1. The minimum Gasteiger partial charge on any atom is -0.330 e. The second-order valence-electron chi connectivity index (χ2n) is 6.97. The number of anilines is 1. The molecule has 0 saturated heterocycles. The molecular weight excluding hydrogens is 260 g/mol. The fourth-order valence-corrected chi connectivity index (χ4v) is 2.66. The molecule has 0 bridgehead atoms. The zero-order chi connectivity index (χ0) is 16.0. The van der Waals surface area contributed by atoms with Crippen LogP contribution in [0.25, 0.3) is 0 Å². The molecule has 0 fully saturated rings. The maximum Gasteiger partial charge on any atom is 0.226 e. The molecule has 1 unspecified atom stereocenters. The third-order valence-electron chi connectivity index (χ3n) is 4.21. The molecule has 0 spiro atoms. The van der Waals surface area contributed by atoms with Crippen LogP contribution in [-0.2, 0) is 4.79 Å². The molecule has 1 atom stereocenters. The highest BCUT2D eigenvalue weighted by atomic mass is 16.2. The Labute approximate surface area is 129 Å². The number of nitrogens with zero attached hydrogens (tertiary/aromatic N) is 1. The predicted octanol–water partition coefficient (Wildman–Crippen LogP) is 3.75. The fourth-order valence-electron chi connectivity index (χ4n) is 2.66. The summed E-state index contributed by atoms with van der Waals surface area (Å²) in [7, 11) is 1.85. The molecule has 1 amide bonds. The molecule has 0 saturated carbocycles. The lowest BCUT2D eigenvalue weighted by atomic mass is 9.76. The van der Waals surface area contributed by atoms with Gasteiger partial charge >= 0.3 is 0 Å². The van der Waals surface area contributed by atoms with Crippen molar-refractivity contribution >= 4 is 11.6 Å². The van der Waals surface area contributed by atoms with Crippen LogP contribution in [0.2, 0.25) is 0 Å². The summed E-state index contributed by atoms with van der Waals surface area (Å²) >= 11 is 0. The van der Waals surface area contributed by atoms with Crippen molar-refractivity contribution in [2.75, 3.05) is 18.5 Å². The van der Waals surface area contributed by atoms with Crippen LogP contribution in [0.4, 0.5) is 5.69 Å². The van der Waals surface area contributed by atoms with Gasteiger partial charge in [-0.05, 0) is 55.3 Å². The van der Waals surface area contributed by atoms with E-state index in [4.69, 9.17) is 5.73 Å². The van der Waals surface area contributed by atoms with E-state index in [1.807, 2.05) is 38.2 Å². The van der Waals surface area contributed by atoms with E-state index in [0.717, 1.165) is 18.5 Å². The molecule has 3 nitrogen and oxygen atoms in total. The van der Waals surface area contributed by atoms with Gasteiger partial charge in [0.1, 0.15) is 0 Å². The first-order chi connectivity index (χ1) is 9.75. The lowest BCUT2D eigenvalue weighted by Crippen LogP contribution is -2.29. The largest absolute Gasteiger partial charge is 0.330 e. The Kier molecular flexibility index (Phi) is 6.41. The number of carbonyl (C=O) groups excluding carboxylic acids is 1. The summed E-state index contributed by atoms with van der Waals surface area (Å²) in [6.07, 6.45) is 2.45. The molecule has 2 N–H and O–H groups in total. The predicted molar refractivity (Wildman–Crippen MR) is 90.4 cm³/mol. The van der Waals surface area contributed by atoms with E-state index in [0.29, 0.717) is 18.9 Å².